The van der Waals surface area contributed by atoms with Crippen molar-refractivity contribution < 1.29 is 14.3 Å². The van der Waals surface area contributed by atoms with Crippen LogP contribution in [-0.4, -0.2) is 29.1 Å². The molecular formula is C13H15FN2O2. The first-order valence-electron chi connectivity index (χ1n) is 5.59. The first-order chi connectivity index (χ1) is 8.52. The van der Waals surface area contributed by atoms with Crippen LogP contribution >= 0.6 is 0 Å². The number of carboxylic acids is 1. The van der Waals surface area contributed by atoms with Gasteiger partial charge in [0.2, 0.25) is 0 Å². The Labute approximate surface area is 105 Å². The molecule has 1 atom stereocenters. The standard InChI is InChI=1S/C13H15FN2O2/c1-10(13(17)18)8-16(7-6-15)9-11-2-4-12(14)5-3-11/h2-5,10H,7-9H2,1H3,(H,17,18). The van der Waals surface area contributed by atoms with Crippen LogP contribution in [-0.2, 0) is 11.3 Å². The molecule has 1 aromatic rings. The summed E-state index contributed by atoms with van der Waals surface area (Å²) in [6.07, 6.45) is 0. The number of carbonyl (C=O) groups is 1. The number of halogens is 1. The molecule has 5 heteroatoms. The number of nitriles is 1. The van der Waals surface area contributed by atoms with E-state index in [0.29, 0.717) is 13.1 Å². The Morgan fingerprint density at radius 3 is 2.61 bits per heavy atom. The van der Waals surface area contributed by atoms with Gasteiger partial charge >= 0.3 is 5.97 Å². The van der Waals surface area contributed by atoms with Crippen LogP contribution in [0.5, 0.6) is 0 Å². The van der Waals surface area contributed by atoms with Gasteiger partial charge in [0, 0.05) is 13.1 Å². The number of hydrogen-bond donors (Lipinski definition) is 1. The first-order valence-corrected chi connectivity index (χ1v) is 5.59. The third-order valence-electron chi connectivity index (χ3n) is 2.57. The summed E-state index contributed by atoms with van der Waals surface area (Å²) in [6, 6.07) is 7.96. The lowest BCUT2D eigenvalue weighted by molar-refractivity contribution is -0.141. The van der Waals surface area contributed by atoms with Crippen LogP contribution in [0.15, 0.2) is 24.3 Å². The third kappa shape index (κ3) is 4.52. The highest BCUT2D eigenvalue weighted by Gasteiger charge is 2.16. The molecule has 4 nitrogen and oxygen atoms in total. The van der Waals surface area contributed by atoms with Crippen molar-refractivity contribution in [3.63, 3.8) is 0 Å². The van der Waals surface area contributed by atoms with E-state index in [4.69, 9.17) is 10.4 Å². The Balaban J connectivity index is 2.65. The van der Waals surface area contributed by atoms with Crippen LogP contribution in [0, 0.1) is 23.1 Å². The van der Waals surface area contributed by atoms with Crippen LogP contribution in [0.2, 0.25) is 0 Å². The van der Waals surface area contributed by atoms with Crippen LogP contribution in [0.3, 0.4) is 0 Å². The fourth-order valence-electron chi connectivity index (χ4n) is 1.60. The van der Waals surface area contributed by atoms with Crippen molar-refractivity contribution in [1.82, 2.24) is 4.90 Å². The molecule has 0 aliphatic carbocycles. The zero-order chi connectivity index (χ0) is 13.5. The lowest BCUT2D eigenvalue weighted by Gasteiger charge is -2.21. The summed E-state index contributed by atoms with van der Waals surface area (Å²) in [5, 5.41) is 17.6. The highest BCUT2D eigenvalue weighted by molar-refractivity contribution is 5.69. The maximum Gasteiger partial charge on any atom is 0.307 e. The van der Waals surface area contributed by atoms with Crippen molar-refractivity contribution in [2.24, 2.45) is 5.92 Å². The molecule has 0 aromatic heterocycles. The van der Waals surface area contributed by atoms with E-state index in [1.54, 1.807) is 24.0 Å². The van der Waals surface area contributed by atoms with Gasteiger partial charge in [-0.3, -0.25) is 9.69 Å². The number of rotatable bonds is 6. The highest BCUT2D eigenvalue weighted by Crippen LogP contribution is 2.08. The van der Waals surface area contributed by atoms with E-state index in [0.717, 1.165) is 5.56 Å². The second-order valence-corrected chi connectivity index (χ2v) is 4.19. The highest BCUT2D eigenvalue weighted by atomic mass is 19.1. The number of hydrogen-bond acceptors (Lipinski definition) is 3. The predicted molar refractivity (Wildman–Crippen MR) is 64.1 cm³/mol. The molecule has 0 fully saturated rings. The molecule has 0 aliphatic rings. The Kier molecular flexibility index (Phi) is 5.28. The molecule has 1 N–H and O–H groups in total. The van der Waals surface area contributed by atoms with Crippen LogP contribution in [0.4, 0.5) is 4.39 Å². The van der Waals surface area contributed by atoms with Crippen molar-refractivity contribution in [3.8, 4) is 6.07 Å². The van der Waals surface area contributed by atoms with Gasteiger partial charge in [-0.1, -0.05) is 19.1 Å². The zero-order valence-electron chi connectivity index (χ0n) is 10.1. The smallest absolute Gasteiger partial charge is 0.307 e. The molecular weight excluding hydrogens is 235 g/mol. The van der Waals surface area contributed by atoms with Crippen molar-refractivity contribution in [2.45, 2.75) is 13.5 Å². The largest absolute Gasteiger partial charge is 0.481 e. The Hall–Kier alpha value is -1.93. The van der Waals surface area contributed by atoms with E-state index < -0.39 is 11.9 Å². The quantitative estimate of drug-likeness (QED) is 0.783. The molecule has 0 saturated heterocycles. The Morgan fingerprint density at radius 2 is 2.11 bits per heavy atom. The van der Waals surface area contributed by atoms with E-state index in [-0.39, 0.29) is 12.4 Å². The molecule has 1 unspecified atom stereocenters. The lowest BCUT2D eigenvalue weighted by Crippen LogP contribution is -2.31. The van der Waals surface area contributed by atoms with E-state index in [1.165, 1.54) is 12.1 Å². The average Bonchev–Trinajstić information content (AvgIpc) is 2.32. The minimum absolute atomic E-state index is 0.148. The molecule has 0 radical (unpaired) electrons. The van der Waals surface area contributed by atoms with Gasteiger partial charge in [0.15, 0.2) is 0 Å². The Bertz CT molecular complexity index is 439. The summed E-state index contributed by atoms with van der Waals surface area (Å²) in [7, 11) is 0. The van der Waals surface area contributed by atoms with Gasteiger partial charge < -0.3 is 5.11 Å². The van der Waals surface area contributed by atoms with Gasteiger partial charge in [0.25, 0.3) is 0 Å². The summed E-state index contributed by atoms with van der Waals surface area (Å²) >= 11 is 0. The van der Waals surface area contributed by atoms with Gasteiger partial charge in [-0.2, -0.15) is 5.26 Å². The molecule has 0 saturated carbocycles. The maximum atomic E-state index is 12.7. The summed E-state index contributed by atoms with van der Waals surface area (Å²) in [4.78, 5) is 12.5. The van der Waals surface area contributed by atoms with E-state index in [1.807, 2.05) is 6.07 Å². The molecule has 18 heavy (non-hydrogen) atoms. The van der Waals surface area contributed by atoms with Crippen LogP contribution in [0.1, 0.15) is 12.5 Å². The van der Waals surface area contributed by atoms with Gasteiger partial charge in [-0.15, -0.1) is 0 Å². The van der Waals surface area contributed by atoms with Crippen LogP contribution in [0.25, 0.3) is 0 Å². The Morgan fingerprint density at radius 1 is 1.50 bits per heavy atom. The van der Waals surface area contributed by atoms with Crippen molar-refractivity contribution in [3.05, 3.63) is 35.6 Å². The summed E-state index contributed by atoms with van der Waals surface area (Å²) in [5.74, 6) is -1.75. The topological polar surface area (TPSA) is 64.3 Å². The molecule has 96 valence electrons. The monoisotopic (exact) mass is 250 g/mol. The van der Waals surface area contributed by atoms with Gasteiger partial charge in [0.05, 0.1) is 18.5 Å². The normalized spacial score (nSPS) is 12.1. The van der Waals surface area contributed by atoms with Crippen molar-refractivity contribution in [1.29, 1.82) is 5.26 Å². The molecule has 0 bridgehead atoms. The molecule has 1 rings (SSSR count). The second kappa shape index (κ2) is 6.72. The number of carboxylic acid groups (broad SMARTS) is 1. The van der Waals surface area contributed by atoms with Gasteiger partial charge in [-0.25, -0.2) is 4.39 Å². The number of aliphatic carboxylic acids is 1. The fraction of sp³-hybridized carbons (Fsp3) is 0.385. The summed E-state index contributed by atoms with van der Waals surface area (Å²) in [6.45, 7) is 2.47. The number of benzene rings is 1. The second-order valence-electron chi connectivity index (χ2n) is 4.19. The van der Waals surface area contributed by atoms with Crippen molar-refractivity contribution >= 4 is 5.97 Å². The van der Waals surface area contributed by atoms with Gasteiger partial charge in [-0.05, 0) is 17.7 Å². The molecule has 0 heterocycles. The number of nitrogens with zero attached hydrogens (tertiary/aromatic N) is 2. The zero-order valence-corrected chi connectivity index (χ0v) is 10.1. The average molecular weight is 250 g/mol. The van der Waals surface area contributed by atoms with Gasteiger partial charge in [0.1, 0.15) is 5.82 Å². The molecule has 0 spiro atoms. The minimum Gasteiger partial charge on any atom is -0.481 e. The summed E-state index contributed by atoms with van der Waals surface area (Å²) < 4.78 is 12.7. The van der Waals surface area contributed by atoms with Crippen LogP contribution < -0.4 is 0 Å². The molecule has 0 amide bonds. The SMILES string of the molecule is CC(CN(CC#N)Cc1ccc(F)cc1)C(=O)O. The third-order valence-corrected chi connectivity index (χ3v) is 2.57. The maximum absolute atomic E-state index is 12.7. The first kappa shape index (κ1) is 14.1. The van der Waals surface area contributed by atoms with E-state index in [9.17, 15) is 9.18 Å². The van der Waals surface area contributed by atoms with E-state index >= 15 is 0 Å². The summed E-state index contributed by atoms with van der Waals surface area (Å²) in [5.41, 5.74) is 0.851. The van der Waals surface area contributed by atoms with E-state index in [2.05, 4.69) is 0 Å². The fourth-order valence-corrected chi connectivity index (χ4v) is 1.60. The lowest BCUT2D eigenvalue weighted by atomic mass is 10.1. The minimum atomic E-state index is -0.892. The van der Waals surface area contributed by atoms with Crippen molar-refractivity contribution in [2.75, 3.05) is 13.1 Å². The predicted octanol–water partition coefficient (Wildman–Crippen LogP) is 1.87. The molecule has 1 aromatic carbocycles. The molecule has 0 aliphatic heterocycles.